The van der Waals surface area contributed by atoms with E-state index in [1.165, 1.54) is 11.8 Å². The maximum absolute atomic E-state index is 12.4. The van der Waals surface area contributed by atoms with Crippen molar-refractivity contribution in [2.45, 2.75) is 13.5 Å². The molecule has 1 aliphatic rings. The predicted octanol–water partition coefficient (Wildman–Crippen LogP) is 5.15. The van der Waals surface area contributed by atoms with Crippen LogP contribution in [0.3, 0.4) is 0 Å². The number of thiocarbonyl (C=S) groups is 1. The number of carbonyl (C=O) groups is 1. The van der Waals surface area contributed by atoms with E-state index in [2.05, 4.69) is 0 Å². The van der Waals surface area contributed by atoms with Crippen LogP contribution in [0.25, 0.3) is 6.08 Å². The molecule has 27 heavy (non-hydrogen) atoms. The molecule has 2 aromatic rings. The summed E-state index contributed by atoms with van der Waals surface area (Å²) in [5, 5.41) is 0.659. The second kappa shape index (κ2) is 8.78. The van der Waals surface area contributed by atoms with Gasteiger partial charge in [-0.1, -0.05) is 41.6 Å². The Balaban J connectivity index is 1.81. The summed E-state index contributed by atoms with van der Waals surface area (Å²) < 4.78 is 11.8. The number of hydrogen-bond donors (Lipinski definition) is 0. The van der Waals surface area contributed by atoms with Crippen molar-refractivity contribution in [2.75, 3.05) is 13.7 Å². The van der Waals surface area contributed by atoms with Crippen LogP contribution in [-0.4, -0.2) is 28.8 Å². The minimum absolute atomic E-state index is 0.0534. The Kier molecular flexibility index (Phi) is 6.42. The first-order valence-corrected chi connectivity index (χ1v) is 9.92. The van der Waals surface area contributed by atoms with Crippen molar-refractivity contribution >= 4 is 51.9 Å². The molecule has 1 saturated heterocycles. The minimum Gasteiger partial charge on any atom is -0.496 e. The molecule has 140 valence electrons. The lowest BCUT2D eigenvalue weighted by Crippen LogP contribution is -2.27. The lowest BCUT2D eigenvalue weighted by atomic mass is 10.1. The quantitative estimate of drug-likeness (QED) is 0.478. The number of carbonyl (C=O) groups excluding carboxylic acids is 1. The smallest absolute Gasteiger partial charge is 0.266 e. The Morgan fingerprint density at radius 3 is 2.59 bits per heavy atom. The van der Waals surface area contributed by atoms with Crippen molar-refractivity contribution in [3.63, 3.8) is 0 Å². The van der Waals surface area contributed by atoms with E-state index in [1.54, 1.807) is 24.1 Å². The highest BCUT2D eigenvalue weighted by molar-refractivity contribution is 8.26. The summed E-state index contributed by atoms with van der Waals surface area (Å²) in [4.78, 5) is 14.6. The molecule has 0 bridgehead atoms. The van der Waals surface area contributed by atoms with E-state index in [0.717, 1.165) is 22.6 Å². The number of likely N-dealkylation sites (N-methyl/N-ethyl adjacent to an activating group) is 1. The Morgan fingerprint density at radius 2 is 1.96 bits per heavy atom. The van der Waals surface area contributed by atoms with Gasteiger partial charge < -0.3 is 9.47 Å². The van der Waals surface area contributed by atoms with Gasteiger partial charge in [-0.2, -0.15) is 0 Å². The third-order valence-electron chi connectivity index (χ3n) is 4.00. The van der Waals surface area contributed by atoms with Gasteiger partial charge in [-0.05, 0) is 55.0 Å². The van der Waals surface area contributed by atoms with E-state index >= 15 is 0 Å². The van der Waals surface area contributed by atoms with Crippen molar-refractivity contribution in [3.8, 4) is 11.5 Å². The third-order valence-corrected chi connectivity index (χ3v) is 5.63. The van der Waals surface area contributed by atoms with Gasteiger partial charge in [-0.25, -0.2) is 0 Å². The molecule has 0 aromatic heterocycles. The Hall–Kier alpha value is -2.02. The van der Waals surface area contributed by atoms with Crippen LogP contribution in [0.5, 0.6) is 11.5 Å². The first kappa shape index (κ1) is 19.7. The maximum atomic E-state index is 12.4. The Labute approximate surface area is 173 Å². The fraction of sp³-hybridized carbons (Fsp3) is 0.200. The summed E-state index contributed by atoms with van der Waals surface area (Å²) in [6, 6.07) is 12.9. The lowest BCUT2D eigenvalue weighted by molar-refractivity contribution is -0.121. The second-order valence-electron chi connectivity index (χ2n) is 5.74. The average Bonchev–Trinajstić information content (AvgIpc) is 2.94. The van der Waals surface area contributed by atoms with Crippen LogP contribution in [0.4, 0.5) is 0 Å². The number of rotatable bonds is 6. The second-order valence-corrected chi connectivity index (χ2v) is 7.85. The van der Waals surface area contributed by atoms with Gasteiger partial charge in [-0.15, -0.1) is 0 Å². The molecule has 0 unspecified atom stereocenters. The molecule has 2 aromatic carbocycles. The molecule has 0 N–H and O–H groups in total. The maximum Gasteiger partial charge on any atom is 0.266 e. The molecule has 1 fully saturated rings. The lowest BCUT2D eigenvalue weighted by Gasteiger charge is -2.12. The largest absolute Gasteiger partial charge is 0.496 e. The number of thioether (sulfide) groups is 1. The molecule has 0 atom stereocenters. The van der Waals surface area contributed by atoms with E-state index < -0.39 is 0 Å². The summed E-state index contributed by atoms with van der Waals surface area (Å²) in [6.07, 6.45) is 1.85. The topological polar surface area (TPSA) is 38.8 Å². The minimum atomic E-state index is -0.0534. The number of amides is 1. The van der Waals surface area contributed by atoms with Crippen LogP contribution < -0.4 is 9.47 Å². The highest BCUT2D eigenvalue weighted by Crippen LogP contribution is 2.33. The molecule has 4 nitrogen and oxygen atoms in total. The third kappa shape index (κ3) is 4.64. The van der Waals surface area contributed by atoms with E-state index in [-0.39, 0.29) is 5.91 Å². The zero-order valence-corrected chi connectivity index (χ0v) is 17.3. The van der Waals surface area contributed by atoms with E-state index in [1.807, 2.05) is 43.3 Å². The molecular weight excluding hydrogens is 402 g/mol. The fourth-order valence-corrected chi connectivity index (χ4v) is 4.13. The summed E-state index contributed by atoms with van der Waals surface area (Å²) in [7, 11) is 1.62. The van der Waals surface area contributed by atoms with E-state index in [9.17, 15) is 4.79 Å². The molecule has 1 heterocycles. The highest BCUT2D eigenvalue weighted by Gasteiger charge is 2.30. The summed E-state index contributed by atoms with van der Waals surface area (Å²) in [6.45, 7) is 2.82. The van der Waals surface area contributed by atoms with Crippen molar-refractivity contribution in [1.29, 1.82) is 0 Å². The summed E-state index contributed by atoms with van der Waals surface area (Å²) in [5.74, 6) is 1.39. The van der Waals surface area contributed by atoms with Crippen LogP contribution >= 0.6 is 35.6 Å². The van der Waals surface area contributed by atoms with E-state index in [0.29, 0.717) is 27.4 Å². The standard InChI is InChI=1S/C20H18ClNO3S2/c1-3-22-19(23)18(27-20(22)26)11-13-4-9-17(24-2)14(10-13)12-25-16-7-5-15(21)6-8-16/h4-11H,3,12H2,1-2H3/b18-11-. The van der Waals surface area contributed by atoms with Crippen molar-refractivity contribution < 1.29 is 14.3 Å². The molecular formula is C20H18ClNO3S2. The predicted molar refractivity (Wildman–Crippen MR) is 114 cm³/mol. The number of ether oxygens (including phenoxy) is 2. The van der Waals surface area contributed by atoms with Crippen molar-refractivity contribution in [3.05, 3.63) is 63.5 Å². The molecule has 0 aliphatic carbocycles. The molecule has 3 rings (SSSR count). The molecule has 0 radical (unpaired) electrons. The molecule has 1 amide bonds. The van der Waals surface area contributed by atoms with Gasteiger partial charge in [0.05, 0.1) is 12.0 Å². The monoisotopic (exact) mass is 419 g/mol. The van der Waals surface area contributed by atoms with Gasteiger partial charge in [0.1, 0.15) is 22.4 Å². The highest BCUT2D eigenvalue weighted by atomic mass is 35.5. The van der Waals surface area contributed by atoms with Crippen LogP contribution in [-0.2, 0) is 11.4 Å². The Morgan fingerprint density at radius 1 is 1.22 bits per heavy atom. The van der Waals surface area contributed by atoms with Crippen molar-refractivity contribution in [1.82, 2.24) is 4.90 Å². The SMILES string of the molecule is CCN1C(=O)/C(=C/c2ccc(OC)c(COc3ccc(Cl)cc3)c2)SC1=S. The number of nitrogens with zero attached hydrogens (tertiary/aromatic N) is 1. The van der Waals surface area contributed by atoms with Gasteiger partial charge >= 0.3 is 0 Å². The van der Waals surface area contributed by atoms with Crippen LogP contribution in [0.15, 0.2) is 47.4 Å². The zero-order chi connectivity index (χ0) is 19.4. The van der Waals surface area contributed by atoms with Crippen LogP contribution in [0.1, 0.15) is 18.1 Å². The number of methoxy groups -OCH3 is 1. The normalized spacial score (nSPS) is 15.5. The first-order valence-electron chi connectivity index (χ1n) is 8.32. The number of hydrogen-bond acceptors (Lipinski definition) is 5. The molecule has 0 spiro atoms. The van der Waals surface area contributed by atoms with Crippen molar-refractivity contribution in [2.24, 2.45) is 0 Å². The van der Waals surface area contributed by atoms with Gasteiger partial charge in [0, 0.05) is 17.1 Å². The number of halogens is 1. The Bertz CT molecular complexity index is 897. The zero-order valence-electron chi connectivity index (χ0n) is 14.9. The summed E-state index contributed by atoms with van der Waals surface area (Å²) in [5.41, 5.74) is 1.77. The van der Waals surface area contributed by atoms with E-state index in [4.69, 9.17) is 33.3 Å². The van der Waals surface area contributed by atoms with Gasteiger partial charge in [-0.3, -0.25) is 9.69 Å². The van der Waals surface area contributed by atoms with Crippen LogP contribution in [0, 0.1) is 0 Å². The molecule has 7 heteroatoms. The van der Waals surface area contributed by atoms with Gasteiger partial charge in [0.2, 0.25) is 0 Å². The summed E-state index contributed by atoms with van der Waals surface area (Å²) >= 11 is 12.5. The van der Waals surface area contributed by atoms with Gasteiger partial charge in [0.25, 0.3) is 5.91 Å². The average molecular weight is 420 g/mol. The first-order chi connectivity index (χ1) is 13.0. The van der Waals surface area contributed by atoms with Gasteiger partial charge in [0.15, 0.2) is 0 Å². The number of benzene rings is 2. The molecule has 0 saturated carbocycles. The van der Waals surface area contributed by atoms with Crippen LogP contribution in [0.2, 0.25) is 5.02 Å². The fourth-order valence-electron chi connectivity index (χ4n) is 2.62. The molecule has 1 aliphatic heterocycles.